The van der Waals surface area contributed by atoms with Crippen LogP contribution in [-0.2, 0) is 20.7 Å². The number of carbonyl (C=O) groups excluding carboxylic acids is 2. The first kappa shape index (κ1) is 22.1. The smallest absolute Gasteiger partial charge is 0.295 e. The molecule has 1 amide bonds. The number of hydrogen-bond acceptors (Lipinski definition) is 5. The van der Waals surface area contributed by atoms with Crippen molar-refractivity contribution in [2.75, 3.05) is 20.3 Å². The fourth-order valence-corrected chi connectivity index (χ4v) is 4.43. The highest BCUT2D eigenvalue weighted by Gasteiger charge is 2.46. The molecule has 2 aliphatic heterocycles. The lowest BCUT2D eigenvalue weighted by molar-refractivity contribution is -0.140. The number of methoxy groups -OCH3 is 1. The Bertz CT molecular complexity index is 1070. The predicted molar refractivity (Wildman–Crippen MR) is 122 cm³/mol. The molecule has 2 atom stereocenters. The lowest BCUT2D eigenvalue weighted by Gasteiger charge is -2.25. The Kier molecular flexibility index (Phi) is 6.07. The molecule has 2 heterocycles. The SMILES string of the molecule is COCCN1C(=O)C(=O)/C(=C(/O)c2ccc3c(c2)CC(C)O3)C1c1ccc(C(C)C)cc1. The summed E-state index contributed by atoms with van der Waals surface area (Å²) in [6.45, 7) is 6.75. The van der Waals surface area contributed by atoms with Gasteiger partial charge in [0.05, 0.1) is 18.2 Å². The number of aliphatic hydroxyl groups is 1. The zero-order chi connectivity index (χ0) is 23.0. The predicted octanol–water partition coefficient (Wildman–Crippen LogP) is 4.20. The van der Waals surface area contributed by atoms with Gasteiger partial charge in [0.1, 0.15) is 17.6 Å². The van der Waals surface area contributed by atoms with Gasteiger partial charge in [-0.1, -0.05) is 38.1 Å². The highest BCUT2D eigenvalue weighted by molar-refractivity contribution is 6.46. The van der Waals surface area contributed by atoms with E-state index < -0.39 is 17.7 Å². The van der Waals surface area contributed by atoms with Crippen LogP contribution in [0.4, 0.5) is 0 Å². The molecule has 0 bridgehead atoms. The van der Waals surface area contributed by atoms with Gasteiger partial charge in [-0.2, -0.15) is 0 Å². The van der Waals surface area contributed by atoms with Gasteiger partial charge in [-0.05, 0) is 47.7 Å². The van der Waals surface area contributed by atoms with Gasteiger partial charge in [-0.15, -0.1) is 0 Å². The van der Waals surface area contributed by atoms with Crippen LogP contribution in [-0.4, -0.2) is 48.1 Å². The van der Waals surface area contributed by atoms with Gasteiger partial charge in [0.25, 0.3) is 11.7 Å². The lowest BCUT2D eigenvalue weighted by Crippen LogP contribution is -2.32. The summed E-state index contributed by atoms with van der Waals surface area (Å²) in [5.41, 5.74) is 3.54. The third-order valence-corrected chi connectivity index (χ3v) is 6.16. The van der Waals surface area contributed by atoms with E-state index in [1.165, 1.54) is 4.90 Å². The van der Waals surface area contributed by atoms with Crippen LogP contribution < -0.4 is 4.74 Å². The van der Waals surface area contributed by atoms with Crippen LogP contribution in [0.3, 0.4) is 0 Å². The molecule has 168 valence electrons. The van der Waals surface area contributed by atoms with Crippen molar-refractivity contribution in [3.05, 3.63) is 70.3 Å². The Morgan fingerprint density at radius 3 is 2.56 bits per heavy atom. The maximum Gasteiger partial charge on any atom is 0.295 e. The molecule has 32 heavy (non-hydrogen) atoms. The van der Waals surface area contributed by atoms with Gasteiger partial charge in [0, 0.05) is 25.6 Å². The molecular formula is C26H29NO5. The van der Waals surface area contributed by atoms with Crippen molar-refractivity contribution in [2.45, 2.75) is 45.3 Å². The number of aliphatic hydroxyl groups excluding tert-OH is 1. The van der Waals surface area contributed by atoms with Crippen molar-refractivity contribution >= 4 is 17.4 Å². The number of carbonyl (C=O) groups is 2. The van der Waals surface area contributed by atoms with Gasteiger partial charge in [-0.3, -0.25) is 9.59 Å². The van der Waals surface area contributed by atoms with E-state index in [1.54, 1.807) is 19.2 Å². The van der Waals surface area contributed by atoms with Crippen molar-refractivity contribution in [3.8, 4) is 5.75 Å². The van der Waals surface area contributed by atoms with Crippen LogP contribution in [0.1, 0.15) is 55.0 Å². The minimum Gasteiger partial charge on any atom is -0.507 e. The Morgan fingerprint density at radius 1 is 1.19 bits per heavy atom. The zero-order valence-electron chi connectivity index (χ0n) is 18.9. The Hall–Kier alpha value is -3.12. The number of ether oxygens (including phenoxy) is 2. The summed E-state index contributed by atoms with van der Waals surface area (Å²) < 4.78 is 10.9. The minimum atomic E-state index is -0.679. The third-order valence-electron chi connectivity index (χ3n) is 6.16. The number of amides is 1. The number of Topliss-reactive ketones (excluding diaryl/α,β-unsaturated/α-hetero) is 1. The molecule has 0 saturated carbocycles. The van der Waals surface area contributed by atoms with Gasteiger partial charge in [0.15, 0.2) is 0 Å². The summed E-state index contributed by atoms with van der Waals surface area (Å²) in [6.07, 6.45) is 0.806. The molecule has 1 saturated heterocycles. The summed E-state index contributed by atoms with van der Waals surface area (Å²) in [7, 11) is 1.55. The van der Waals surface area contributed by atoms with Crippen molar-refractivity contribution in [3.63, 3.8) is 0 Å². The van der Waals surface area contributed by atoms with E-state index in [-0.39, 0.29) is 24.0 Å². The molecule has 0 spiro atoms. The molecule has 6 heteroatoms. The lowest BCUT2D eigenvalue weighted by atomic mass is 9.92. The summed E-state index contributed by atoms with van der Waals surface area (Å²) in [6, 6.07) is 12.6. The fourth-order valence-electron chi connectivity index (χ4n) is 4.43. The number of likely N-dealkylation sites (tertiary alicyclic amines) is 1. The van der Waals surface area contributed by atoms with Crippen molar-refractivity contribution < 1.29 is 24.2 Å². The van der Waals surface area contributed by atoms with Gasteiger partial charge in [-0.25, -0.2) is 0 Å². The number of fused-ring (bicyclic) bond motifs is 1. The second-order valence-electron chi connectivity index (χ2n) is 8.76. The summed E-state index contributed by atoms with van der Waals surface area (Å²) >= 11 is 0. The normalized spacial score (nSPS) is 21.8. The molecule has 4 rings (SSSR count). The quantitative estimate of drug-likeness (QED) is 0.418. The highest BCUT2D eigenvalue weighted by atomic mass is 16.5. The van der Waals surface area contributed by atoms with E-state index in [0.29, 0.717) is 18.1 Å². The van der Waals surface area contributed by atoms with Gasteiger partial charge >= 0.3 is 0 Å². The van der Waals surface area contributed by atoms with Crippen molar-refractivity contribution in [1.29, 1.82) is 0 Å². The molecule has 1 N–H and O–H groups in total. The average molecular weight is 436 g/mol. The molecule has 0 radical (unpaired) electrons. The van der Waals surface area contributed by atoms with E-state index in [9.17, 15) is 14.7 Å². The molecule has 0 aliphatic carbocycles. The Morgan fingerprint density at radius 2 is 1.91 bits per heavy atom. The van der Waals surface area contributed by atoms with Crippen LogP contribution in [0, 0.1) is 0 Å². The summed E-state index contributed by atoms with van der Waals surface area (Å²) in [4.78, 5) is 27.5. The molecular weight excluding hydrogens is 406 g/mol. The molecule has 2 aliphatic rings. The molecule has 0 aromatic heterocycles. The van der Waals surface area contributed by atoms with E-state index in [0.717, 1.165) is 28.9 Å². The number of benzene rings is 2. The molecule has 1 fully saturated rings. The summed E-state index contributed by atoms with van der Waals surface area (Å²) in [5.74, 6) is -0.319. The van der Waals surface area contributed by atoms with Gasteiger partial charge in [0.2, 0.25) is 0 Å². The zero-order valence-corrected chi connectivity index (χ0v) is 18.9. The van der Waals surface area contributed by atoms with E-state index in [4.69, 9.17) is 9.47 Å². The molecule has 2 unspecified atom stereocenters. The number of ketones is 1. The first-order valence-corrected chi connectivity index (χ1v) is 11.0. The standard InChI is InChI=1S/C26H29NO5/c1-15(2)17-5-7-18(8-6-17)23-22(25(29)26(30)27(23)11-12-31-4)24(28)19-9-10-21-20(14-19)13-16(3)32-21/h5-10,14-16,23,28H,11-13H2,1-4H3/b24-22+. The highest BCUT2D eigenvalue weighted by Crippen LogP contribution is 2.40. The summed E-state index contributed by atoms with van der Waals surface area (Å²) in [5, 5.41) is 11.2. The average Bonchev–Trinajstić information content (AvgIpc) is 3.27. The van der Waals surface area contributed by atoms with Crippen LogP contribution >= 0.6 is 0 Å². The molecule has 2 aromatic carbocycles. The van der Waals surface area contributed by atoms with Crippen molar-refractivity contribution in [2.24, 2.45) is 0 Å². The number of nitrogens with zero attached hydrogens (tertiary/aromatic N) is 1. The van der Waals surface area contributed by atoms with Gasteiger partial charge < -0.3 is 19.5 Å². The second-order valence-corrected chi connectivity index (χ2v) is 8.76. The van der Waals surface area contributed by atoms with Crippen LogP contribution in [0.25, 0.3) is 5.76 Å². The van der Waals surface area contributed by atoms with E-state index in [2.05, 4.69) is 13.8 Å². The first-order valence-electron chi connectivity index (χ1n) is 11.0. The third kappa shape index (κ3) is 3.91. The van der Waals surface area contributed by atoms with Crippen molar-refractivity contribution in [1.82, 2.24) is 4.90 Å². The van der Waals surface area contributed by atoms with Crippen LogP contribution in [0.2, 0.25) is 0 Å². The second kappa shape index (κ2) is 8.79. The Balaban J connectivity index is 1.81. The molecule has 2 aromatic rings. The maximum atomic E-state index is 13.1. The largest absolute Gasteiger partial charge is 0.507 e. The fraction of sp³-hybridized carbons (Fsp3) is 0.385. The van der Waals surface area contributed by atoms with Crippen LogP contribution in [0.15, 0.2) is 48.0 Å². The Labute approximate surface area is 188 Å². The minimum absolute atomic E-state index is 0.0708. The topological polar surface area (TPSA) is 76.1 Å². The van der Waals surface area contributed by atoms with E-state index in [1.807, 2.05) is 37.3 Å². The van der Waals surface area contributed by atoms with E-state index >= 15 is 0 Å². The number of hydrogen-bond donors (Lipinski definition) is 1. The van der Waals surface area contributed by atoms with Crippen LogP contribution in [0.5, 0.6) is 5.75 Å². The maximum absolute atomic E-state index is 13.1. The first-order chi connectivity index (χ1) is 15.3. The molecule has 6 nitrogen and oxygen atoms in total. The number of rotatable bonds is 6. The monoisotopic (exact) mass is 435 g/mol.